The van der Waals surface area contributed by atoms with Gasteiger partial charge in [-0.15, -0.1) is 0 Å². The largest absolute Gasteiger partial charge is 0.456 e. The van der Waals surface area contributed by atoms with E-state index in [-0.39, 0.29) is 0 Å². The van der Waals surface area contributed by atoms with E-state index < -0.39 is 0 Å². The summed E-state index contributed by atoms with van der Waals surface area (Å²) in [5.41, 5.74) is 0.979. The molecule has 14 heavy (non-hydrogen) atoms. The van der Waals surface area contributed by atoms with Crippen molar-refractivity contribution in [2.75, 3.05) is 0 Å². The summed E-state index contributed by atoms with van der Waals surface area (Å²) < 4.78 is 5.53. The van der Waals surface area contributed by atoms with Crippen LogP contribution in [0.1, 0.15) is 5.69 Å². The molecule has 0 amide bonds. The Labute approximate surface area is 82.4 Å². The van der Waals surface area contributed by atoms with E-state index in [1.807, 2.05) is 19.1 Å². The second-order valence-electron chi connectivity index (χ2n) is 2.92. The van der Waals surface area contributed by atoms with Crippen LogP contribution in [0.2, 0.25) is 0 Å². The van der Waals surface area contributed by atoms with Crippen LogP contribution in [0.4, 0.5) is 0 Å². The zero-order valence-electron chi connectivity index (χ0n) is 7.84. The maximum Gasteiger partial charge on any atom is 0.145 e. The number of nitrogens with zero attached hydrogens (tertiary/aromatic N) is 2. The number of aryl methyl sites for hydroxylation is 1. The average molecular weight is 186 g/mol. The highest BCUT2D eigenvalue weighted by Crippen LogP contribution is 2.18. The quantitative estimate of drug-likeness (QED) is 0.723. The second-order valence-corrected chi connectivity index (χ2v) is 2.92. The molecular formula is C11H10N2O. The van der Waals surface area contributed by atoms with Crippen molar-refractivity contribution in [3.63, 3.8) is 0 Å². The number of rotatable bonds is 2. The fraction of sp³-hybridized carbons (Fsp3) is 0.0909. The minimum Gasteiger partial charge on any atom is -0.456 e. The van der Waals surface area contributed by atoms with Crippen LogP contribution < -0.4 is 4.74 Å². The molecule has 0 radical (unpaired) electrons. The summed E-state index contributed by atoms with van der Waals surface area (Å²) in [6, 6.07) is 7.42. The normalized spacial score (nSPS) is 9.79. The monoisotopic (exact) mass is 186 g/mol. The number of aromatic nitrogens is 2. The summed E-state index contributed by atoms with van der Waals surface area (Å²) in [4.78, 5) is 8.04. The van der Waals surface area contributed by atoms with Crippen LogP contribution in [0.5, 0.6) is 11.5 Å². The highest BCUT2D eigenvalue weighted by atomic mass is 16.5. The van der Waals surface area contributed by atoms with Gasteiger partial charge in [0.2, 0.25) is 0 Å². The first-order valence-electron chi connectivity index (χ1n) is 4.35. The van der Waals surface area contributed by atoms with Crippen LogP contribution in [0, 0.1) is 6.92 Å². The third kappa shape index (κ3) is 2.07. The van der Waals surface area contributed by atoms with E-state index in [9.17, 15) is 0 Å². The van der Waals surface area contributed by atoms with E-state index in [2.05, 4.69) is 9.97 Å². The molecule has 0 fully saturated rings. The first-order valence-corrected chi connectivity index (χ1v) is 4.35. The van der Waals surface area contributed by atoms with Gasteiger partial charge < -0.3 is 4.74 Å². The molecule has 3 nitrogen and oxygen atoms in total. The molecule has 0 spiro atoms. The van der Waals surface area contributed by atoms with Gasteiger partial charge in [0.15, 0.2) is 0 Å². The SMILES string of the molecule is Cc1ccc(Oc2ccncc2)cn1. The van der Waals surface area contributed by atoms with Crippen LogP contribution >= 0.6 is 0 Å². The van der Waals surface area contributed by atoms with Crippen molar-refractivity contribution in [3.8, 4) is 11.5 Å². The van der Waals surface area contributed by atoms with E-state index in [4.69, 9.17) is 4.74 Å². The number of ether oxygens (including phenoxy) is 1. The molecule has 0 aromatic carbocycles. The standard InChI is InChI=1S/C11H10N2O/c1-9-2-3-11(8-13-9)14-10-4-6-12-7-5-10/h2-8H,1H3. The molecular weight excluding hydrogens is 176 g/mol. The lowest BCUT2D eigenvalue weighted by atomic mass is 10.4. The Hall–Kier alpha value is -1.90. The summed E-state index contributed by atoms with van der Waals surface area (Å²) >= 11 is 0. The van der Waals surface area contributed by atoms with Crippen molar-refractivity contribution >= 4 is 0 Å². The van der Waals surface area contributed by atoms with Crippen molar-refractivity contribution in [1.82, 2.24) is 9.97 Å². The van der Waals surface area contributed by atoms with Crippen LogP contribution in [0.25, 0.3) is 0 Å². The average Bonchev–Trinajstić information content (AvgIpc) is 2.23. The van der Waals surface area contributed by atoms with Gasteiger partial charge in [0.1, 0.15) is 11.5 Å². The fourth-order valence-electron chi connectivity index (χ4n) is 1.06. The highest BCUT2D eigenvalue weighted by Gasteiger charge is 1.95. The Morgan fingerprint density at radius 3 is 2.43 bits per heavy atom. The van der Waals surface area contributed by atoms with Crippen molar-refractivity contribution in [1.29, 1.82) is 0 Å². The van der Waals surface area contributed by atoms with E-state index in [1.165, 1.54) is 0 Å². The Bertz CT molecular complexity index is 397. The minimum absolute atomic E-state index is 0.738. The van der Waals surface area contributed by atoms with E-state index in [1.54, 1.807) is 30.7 Å². The van der Waals surface area contributed by atoms with Crippen molar-refractivity contribution < 1.29 is 4.74 Å². The minimum atomic E-state index is 0.738. The Kier molecular flexibility index (Phi) is 2.40. The molecule has 0 N–H and O–H groups in total. The van der Waals surface area contributed by atoms with Crippen molar-refractivity contribution in [3.05, 3.63) is 48.5 Å². The highest BCUT2D eigenvalue weighted by molar-refractivity contribution is 5.27. The van der Waals surface area contributed by atoms with Crippen molar-refractivity contribution in [2.24, 2.45) is 0 Å². The summed E-state index contributed by atoms with van der Waals surface area (Å²) in [6.45, 7) is 1.94. The molecule has 0 bridgehead atoms. The van der Waals surface area contributed by atoms with E-state index in [0.29, 0.717) is 0 Å². The Morgan fingerprint density at radius 1 is 1.00 bits per heavy atom. The molecule has 3 heteroatoms. The first kappa shape index (κ1) is 8.69. The van der Waals surface area contributed by atoms with Gasteiger partial charge in [-0.1, -0.05) is 0 Å². The van der Waals surface area contributed by atoms with Gasteiger partial charge in [-0.2, -0.15) is 0 Å². The molecule has 0 unspecified atom stereocenters. The third-order valence-corrected chi connectivity index (χ3v) is 1.77. The zero-order chi connectivity index (χ0) is 9.80. The molecule has 0 saturated carbocycles. The molecule has 0 saturated heterocycles. The molecule has 2 aromatic rings. The number of hydrogen-bond acceptors (Lipinski definition) is 3. The number of pyridine rings is 2. The van der Waals surface area contributed by atoms with E-state index >= 15 is 0 Å². The third-order valence-electron chi connectivity index (χ3n) is 1.77. The first-order chi connectivity index (χ1) is 6.84. The van der Waals surface area contributed by atoms with Gasteiger partial charge in [-0.3, -0.25) is 9.97 Å². The summed E-state index contributed by atoms with van der Waals surface area (Å²) in [5, 5.41) is 0. The topological polar surface area (TPSA) is 35.0 Å². The number of hydrogen-bond donors (Lipinski definition) is 0. The second kappa shape index (κ2) is 3.87. The van der Waals surface area contributed by atoms with Gasteiger partial charge in [0.05, 0.1) is 6.20 Å². The molecule has 0 aliphatic heterocycles. The lowest BCUT2D eigenvalue weighted by molar-refractivity contribution is 0.479. The maximum absolute atomic E-state index is 5.53. The maximum atomic E-state index is 5.53. The molecule has 2 rings (SSSR count). The summed E-state index contributed by atoms with van der Waals surface area (Å²) in [7, 11) is 0. The predicted octanol–water partition coefficient (Wildman–Crippen LogP) is 2.58. The lowest BCUT2D eigenvalue weighted by Gasteiger charge is -2.03. The molecule has 0 aliphatic rings. The summed E-state index contributed by atoms with van der Waals surface area (Å²) in [6.07, 6.45) is 5.09. The van der Waals surface area contributed by atoms with Crippen molar-refractivity contribution in [2.45, 2.75) is 6.92 Å². The molecule has 2 aromatic heterocycles. The van der Waals surface area contributed by atoms with E-state index in [0.717, 1.165) is 17.2 Å². The molecule has 2 heterocycles. The lowest BCUT2D eigenvalue weighted by Crippen LogP contribution is -1.86. The van der Waals surface area contributed by atoms with Gasteiger partial charge in [-0.25, -0.2) is 0 Å². The van der Waals surface area contributed by atoms with Crippen LogP contribution in [0.3, 0.4) is 0 Å². The predicted molar refractivity (Wildman–Crippen MR) is 53.3 cm³/mol. The van der Waals surface area contributed by atoms with Gasteiger partial charge in [-0.05, 0) is 31.2 Å². The Balaban J connectivity index is 2.16. The molecule has 70 valence electrons. The fourth-order valence-corrected chi connectivity index (χ4v) is 1.06. The zero-order valence-corrected chi connectivity index (χ0v) is 7.84. The smallest absolute Gasteiger partial charge is 0.145 e. The van der Waals surface area contributed by atoms with Crippen LogP contribution in [0.15, 0.2) is 42.9 Å². The Morgan fingerprint density at radius 2 is 1.79 bits per heavy atom. The van der Waals surface area contributed by atoms with Crippen LogP contribution in [-0.4, -0.2) is 9.97 Å². The van der Waals surface area contributed by atoms with Gasteiger partial charge in [0, 0.05) is 18.1 Å². The van der Waals surface area contributed by atoms with Gasteiger partial charge >= 0.3 is 0 Å². The summed E-state index contributed by atoms with van der Waals surface area (Å²) in [5.74, 6) is 1.51. The van der Waals surface area contributed by atoms with Gasteiger partial charge in [0.25, 0.3) is 0 Å². The van der Waals surface area contributed by atoms with Crippen LogP contribution in [-0.2, 0) is 0 Å². The molecule has 0 aliphatic carbocycles. The molecule has 0 atom stereocenters.